The first-order valence-electron chi connectivity index (χ1n) is 6.16. The lowest BCUT2D eigenvalue weighted by atomic mass is 10.3. The Morgan fingerprint density at radius 2 is 1.86 bits per heavy atom. The van der Waals surface area contributed by atoms with Gasteiger partial charge in [-0.3, -0.25) is 4.79 Å². The fourth-order valence-electron chi connectivity index (χ4n) is 1.63. The molecule has 0 aliphatic heterocycles. The average molecular weight is 357 g/mol. The van der Waals surface area contributed by atoms with Crippen molar-refractivity contribution < 1.29 is 13.2 Å². The van der Waals surface area contributed by atoms with Crippen LogP contribution < -0.4 is 10.5 Å². The van der Waals surface area contributed by atoms with Crippen LogP contribution in [0.25, 0.3) is 0 Å². The molecule has 2 aromatic rings. The van der Waals surface area contributed by atoms with Gasteiger partial charge in [-0.2, -0.15) is 0 Å². The molecule has 8 heteroatoms. The van der Waals surface area contributed by atoms with Gasteiger partial charge < -0.3 is 5.32 Å². The van der Waals surface area contributed by atoms with Crippen LogP contribution in [0.1, 0.15) is 0 Å². The Labute approximate surface area is 137 Å². The fourth-order valence-corrected chi connectivity index (χ4v) is 3.01. The third-order valence-corrected chi connectivity index (χ3v) is 4.80. The number of carbonyl (C=O) groups excluding carboxylic acids is 1. The van der Waals surface area contributed by atoms with Gasteiger partial charge in [0.05, 0.1) is 10.6 Å². The van der Waals surface area contributed by atoms with Crippen LogP contribution in [0.4, 0.5) is 5.69 Å². The topological polar surface area (TPSA) is 89.3 Å². The molecule has 2 rings (SSSR count). The maximum Gasteiger partial charge on any atom is 0.238 e. The van der Waals surface area contributed by atoms with Crippen molar-refractivity contribution in [3.8, 4) is 0 Å². The molecule has 0 atom stereocenters. The summed E-state index contributed by atoms with van der Waals surface area (Å²) in [5.41, 5.74) is 0.383. The van der Waals surface area contributed by atoms with E-state index in [1.165, 1.54) is 30.0 Å². The first kappa shape index (κ1) is 16.8. The highest BCUT2D eigenvalue weighted by atomic mass is 35.5. The van der Waals surface area contributed by atoms with Crippen LogP contribution >= 0.6 is 23.4 Å². The molecule has 22 heavy (non-hydrogen) atoms. The molecule has 0 unspecified atom stereocenters. The van der Waals surface area contributed by atoms with Crippen molar-refractivity contribution in [2.75, 3.05) is 11.1 Å². The highest BCUT2D eigenvalue weighted by Gasteiger charge is 2.09. The third-order valence-electron chi connectivity index (χ3n) is 2.63. The number of anilines is 1. The van der Waals surface area contributed by atoms with Crippen molar-refractivity contribution >= 4 is 45.0 Å². The second-order valence-electron chi connectivity index (χ2n) is 4.36. The molecule has 0 saturated carbocycles. The van der Waals surface area contributed by atoms with Crippen LogP contribution in [-0.2, 0) is 14.8 Å². The van der Waals surface area contributed by atoms with Crippen molar-refractivity contribution in [2.45, 2.75) is 9.79 Å². The smallest absolute Gasteiger partial charge is 0.238 e. The first-order valence-corrected chi connectivity index (χ1v) is 9.07. The zero-order chi connectivity index (χ0) is 16.2. The van der Waals surface area contributed by atoms with Crippen molar-refractivity contribution in [3.05, 3.63) is 53.6 Å². The lowest BCUT2D eigenvalue weighted by Gasteiger charge is -2.06. The van der Waals surface area contributed by atoms with Gasteiger partial charge in [-0.15, -0.1) is 11.8 Å². The lowest BCUT2D eigenvalue weighted by Crippen LogP contribution is -2.16. The maximum absolute atomic E-state index is 11.9. The number of halogens is 1. The molecule has 0 bridgehead atoms. The molecular formula is C14H13ClN2O3S2. The third kappa shape index (κ3) is 5.03. The van der Waals surface area contributed by atoms with Gasteiger partial charge in [0, 0.05) is 15.6 Å². The Morgan fingerprint density at radius 3 is 2.50 bits per heavy atom. The van der Waals surface area contributed by atoms with Crippen LogP contribution in [0.5, 0.6) is 0 Å². The Bertz CT molecular complexity index is 777. The highest BCUT2D eigenvalue weighted by Crippen LogP contribution is 2.21. The van der Waals surface area contributed by atoms with E-state index < -0.39 is 10.0 Å². The molecule has 1 amide bonds. The minimum atomic E-state index is -3.79. The zero-order valence-electron chi connectivity index (χ0n) is 11.3. The van der Waals surface area contributed by atoms with Crippen molar-refractivity contribution in [3.63, 3.8) is 0 Å². The van der Waals surface area contributed by atoms with Gasteiger partial charge in [-0.05, 0) is 42.5 Å². The second kappa shape index (κ2) is 7.15. The summed E-state index contributed by atoms with van der Waals surface area (Å²) in [7, 11) is -3.79. The van der Waals surface area contributed by atoms with Crippen LogP contribution in [0.2, 0.25) is 5.02 Å². The summed E-state index contributed by atoms with van der Waals surface area (Å²) >= 11 is 7.14. The number of carbonyl (C=O) groups is 1. The summed E-state index contributed by atoms with van der Waals surface area (Å²) < 4.78 is 22.5. The van der Waals surface area contributed by atoms with E-state index in [0.717, 1.165) is 4.90 Å². The van der Waals surface area contributed by atoms with Gasteiger partial charge in [0.2, 0.25) is 15.9 Å². The number of sulfonamides is 1. The number of rotatable bonds is 5. The van der Waals surface area contributed by atoms with Gasteiger partial charge in [0.25, 0.3) is 0 Å². The molecule has 0 aliphatic carbocycles. The molecule has 0 spiro atoms. The standard InChI is InChI=1S/C14H13ClN2O3S2/c15-10-4-6-12(7-5-10)21-9-14(18)17-11-2-1-3-13(8-11)22(16,19)20/h1-8H,9H2,(H,17,18)(H2,16,19,20). The predicted molar refractivity (Wildman–Crippen MR) is 88.6 cm³/mol. The number of nitrogens with one attached hydrogen (secondary N) is 1. The van der Waals surface area contributed by atoms with Crippen LogP contribution in [0.3, 0.4) is 0 Å². The summed E-state index contributed by atoms with van der Waals surface area (Å²) in [6.45, 7) is 0. The summed E-state index contributed by atoms with van der Waals surface area (Å²) in [6, 6.07) is 12.9. The van der Waals surface area contributed by atoms with E-state index in [9.17, 15) is 13.2 Å². The molecule has 0 aliphatic rings. The predicted octanol–water partition coefficient (Wildman–Crippen LogP) is 2.72. The van der Waals surface area contributed by atoms with Crippen molar-refractivity contribution in [2.24, 2.45) is 5.14 Å². The number of primary sulfonamides is 1. The normalized spacial score (nSPS) is 11.2. The second-order valence-corrected chi connectivity index (χ2v) is 7.41. The van der Waals surface area contributed by atoms with E-state index in [2.05, 4.69) is 5.32 Å². The fraction of sp³-hybridized carbons (Fsp3) is 0.0714. The van der Waals surface area contributed by atoms with Gasteiger partial charge in [-0.25, -0.2) is 13.6 Å². The van der Waals surface area contributed by atoms with Gasteiger partial charge >= 0.3 is 0 Å². The maximum atomic E-state index is 11.9. The average Bonchev–Trinajstić information content (AvgIpc) is 2.46. The molecule has 0 aromatic heterocycles. The van der Waals surface area contributed by atoms with E-state index in [1.54, 1.807) is 18.2 Å². The van der Waals surface area contributed by atoms with E-state index in [1.807, 2.05) is 12.1 Å². The number of amides is 1. The zero-order valence-corrected chi connectivity index (χ0v) is 13.7. The van der Waals surface area contributed by atoms with E-state index in [-0.39, 0.29) is 16.6 Å². The quantitative estimate of drug-likeness (QED) is 0.806. The molecule has 116 valence electrons. The van der Waals surface area contributed by atoms with Crippen molar-refractivity contribution in [1.82, 2.24) is 0 Å². The van der Waals surface area contributed by atoms with Crippen LogP contribution in [0, 0.1) is 0 Å². The number of hydrogen-bond acceptors (Lipinski definition) is 4. The minimum Gasteiger partial charge on any atom is -0.325 e. The number of hydrogen-bond donors (Lipinski definition) is 2. The van der Waals surface area contributed by atoms with E-state index in [0.29, 0.717) is 10.7 Å². The molecule has 2 aromatic carbocycles. The van der Waals surface area contributed by atoms with Crippen molar-refractivity contribution in [1.29, 1.82) is 0 Å². The Hall–Kier alpha value is -1.54. The van der Waals surface area contributed by atoms with E-state index >= 15 is 0 Å². The summed E-state index contributed by atoms with van der Waals surface area (Å²) in [5.74, 6) is -0.0483. The Balaban J connectivity index is 1.96. The SMILES string of the molecule is NS(=O)(=O)c1cccc(NC(=O)CSc2ccc(Cl)cc2)c1. The minimum absolute atomic E-state index is 0.0457. The van der Waals surface area contributed by atoms with Crippen LogP contribution in [-0.4, -0.2) is 20.1 Å². The molecule has 0 radical (unpaired) electrons. The number of benzene rings is 2. The summed E-state index contributed by atoms with van der Waals surface area (Å²) in [4.78, 5) is 12.7. The Kier molecular flexibility index (Phi) is 5.47. The molecule has 5 nitrogen and oxygen atoms in total. The molecular weight excluding hydrogens is 344 g/mol. The molecule has 0 fully saturated rings. The lowest BCUT2D eigenvalue weighted by molar-refractivity contribution is -0.113. The monoisotopic (exact) mass is 356 g/mol. The number of nitrogens with two attached hydrogens (primary N) is 1. The van der Waals surface area contributed by atoms with E-state index in [4.69, 9.17) is 16.7 Å². The van der Waals surface area contributed by atoms with Crippen LogP contribution in [0.15, 0.2) is 58.3 Å². The summed E-state index contributed by atoms with van der Waals surface area (Å²) in [5, 5.41) is 8.31. The van der Waals surface area contributed by atoms with Gasteiger partial charge in [0.1, 0.15) is 0 Å². The molecule has 0 saturated heterocycles. The first-order chi connectivity index (χ1) is 10.3. The van der Waals surface area contributed by atoms with Gasteiger partial charge in [0.15, 0.2) is 0 Å². The van der Waals surface area contributed by atoms with Gasteiger partial charge in [-0.1, -0.05) is 17.7 Å². The number of thioether (sulfide) groups is 1. The molecule has 0 heterocycles. The molecule has 3 N–H and O–H groups in total. The highest BCUT2D eigenvalue weighted by molar-refractivity contribution is 8.00. The largest absolute Gasteiger partial charge is 0.325 e. The summed E-state index contributed by atoms with van der Waals surface area (Å²) in [6.07, 6.45) is 0. The Morgan fingerprint density at radius 1 is 1.18 bits per heavy atom.